The fraction of sp³-hybridized carbons (Fsp3) is 0.647. The van der Waals surface area contributed by atoms with Gasteiger partial charge in [-0.3, -0.25) is 4.90 Å². The summed E-state index contributed by atoms with van der Waals surface area (Å²) in [4.78, 5) is 2.53. The van der Waals surface area contributed by atoms with Gasteiger partial charge >= 0.3 is 0 Å². The number of hydrogen-bond acceptors (Lipinski definition) is 3. The molecule has 1 unspecified atom stereocenters. The summed E-state index contributed by atoms with van der Waals surface area (Å²) in [7, 11) is 0. The van der Waals surface area contributed by atoms with Crippen LogP contribution in [0.25, 0.3) is 0 Å². The van der Waals surface area contributed by atoms with Crippen molar-refractivity contribution in [2.45, 2.75) is 45.7 Å². The van der Waals surface area contributed by atoms with Crippen molar-refractivity contribution < 1.29 is 0 Å². The minimum Gasteiger partial charge on any atom is -0.383 e. The molecule has 1 saturated heterocycles. The molecule has 0 spiro atoms. The summed E-state index contributed by atoms with van der Waals surface area (Å²) < 4.78 is 0. The third-order valence-corrected chi connectivity index (χ3v) is 3.90. The minimum atomic E-state index is 0.235. The van der Waals surface area contributed by atoms with Crippen LogP contribution >= 0.6 is 0 Å². The predicted molar refractivity (Wildman–Crippen MR) is 86.9 cm³/mol. The second-order valence-corrected chi connectivity index (χ2v) is 6.45. The van der Waals surface area contributed by atoms with Gasteiger partial charge in [-0.2, -0.15) is 0 Å². The van der Waals surface area contributed by atoms with Gasteiger partial charge in [0.25, 0.3) is 0 Å². The highest BCUT2D eigenvalue weighted by Crippen LogP contribution is 2.15. The Bertz CT molecular complexity index is 380. The van der Waals surface area contributed by atoms with Crippen molar-refractivity contribution in [2.24, 2.45) is 11.7 Å². The van der Waals surface area contributed by atoms with Gasteiger partial charge < -0.3 is 11.1 Å². The first kappa shape index (κ1) is 15.3. The maximum absolute atomic E-state index is 6.09. The molecule has 3 heteroatoms. The fourth-order valence-electron chi connectivity index (χ4n) is 2.86. The smallest absolute Gasteiger partial charge is 0.0340 e. The quantitative estimate of drug-likeness (QED) is 0.803. The molecule has 1 heterocycles. The molecule has 0 radical (unpaired) electrons. The third kappa shape index (κ3) is 5.14. The topological polar surface area (TPSA) is 41.3 Å². The van der Waals surface area contributed by atoms with Gasteiger partial charge in [0, 0.05) is 24.8 Å². The van der Waals surface area contributed by atoms with E-state index in [4.69, 9.17) is 5.73 Å². The lowest BCUT2D eigenvalue weighted by molar-refractivity contribution is 0.331. The molecular formula is C17H29N3. The Labute approximate surface area is 123 Å². The van der Waals surface area contributed by atoms with Gasteiger partial charge in [0.1, 0.15) is 0 Å². The molecule has 0 bridgehead atoms. The first-order valence-electron chi connectivity index (χ1n) is 7.94. The molecule has 1 aromatic carbocycles. The average molecular weight is 275 g/mol. The number of hydrogen-bond donors (Lipinski definition) is 2. The number of nitrogens with zero attached hydrogens (tertiary/aromatic N) is 1. The van der Waals surface area contributed by atoms with Crippen LogP contribution in [0.3, 0.4) is 0 Å². The Hall–Kier alpha value is -1.06. The molecule has 1 aliphatic rings. The van der Waals surface area contributed by atoms with Gasteiger partial charge in [0.05, 0.1) is 0 Å². The van der Waals surface area contributed by atoms with E-state index in [0.29, 0.717) is 5.92 Å². The number of nitrogens with two attached hydrogens (primary N) is 1. The predicted octanol–water partition coefficient (Wildman–Crippen LogP) is 3.07. The number of likely N-dealkylation sites (tertiary alicyclic amines) is 1. The number of nitrogens with one attached hydrogen (secondary N) is 1. The summed E-state index contributed by atoms with van der Waals surface area (Å²) in [5.74, 6) is 0.662. The van der Waals surface area contributed by atoms with Crippen LogP contribution in [0.2, 0.25) is 0 Å². The van der Waals surface area contributed by atoms with Crippen molar-refractivity contribution in [3.05, 3.63) is 29.8 Å². The van der Waals surface area contributed by atoms with Crippen LogP contribution in [0.4, 0.5) is 5.69 Å². The summed E-state index contributed by atoms with van der Waals surface area (Å²) in [6.07, 6.45) is 3.78. The van der Waals surface area contributed by atoms with E-state index in [1.165, 1.54) is 37.2 Å². The molecule has 0 aliphatic carbocycles. The molecular weight excluding hydrogens is 246 g/mol. The number of benzene rings is 1. The first-order valence-corrected chi connectivity index (χ1v) is 7.94. The lowest BCUT2D eigenvalue weighted by atomic mass is 10.0. The molecule has 112 valence electrons. The van der Waals surface area contributed by atoms with E-state index >= 15 is 0 Å². The van der Waals surface area contributed by atoms with Crippen LogP contribution in [0.1, 0.15) is 38.7 Å². The van der Waals surface area contributed by atoms with Crippen LogP contribution in [-0.4, -0.2) is 30.6 Å². The van der Waals surface area contributed by atoms with Crippen molar-refractivity contribution in [2.75, 3.05) is 25.0 Å². The maximum Gasteiger partial charge on any atom is 0.0340 e. The summed E-state index contributed by atoms with van der Waals surface area (Å²) in [5, 5.41) is 3.43. The van der Waals surface area contributed by atoms with E-state index in [0.717, 1.165) is 19.5 Å². The Morgan fingerprint density at radius 1 is 1.15 bits per heavy atom. The lowest BCUT2D eigenvalue weighted by Crippen LogP contribution is -2.30. The molecule has 20 heavy (non-hydrogen) atoms. The Morgan fingerprint density at radius 2 is 1.80 bits per heavy atom. The van der Waals surface area contributed by atoms with E-state index in [9.17, 15) is 0 Å². The third-order valence-electron chi connectivity index (χ3n) is 3.90. The van der Waals surface area contributed by atoms with Crippen molar-refractivity contribution >= 4 is 5.69 Å². The highest BCUT2D eigenvalue weighted by atomic mass is 15.1. The van der Waals surface area contributed by atoms with Crippen LogP contribution in [0.5, 0.6) is 0 Å². The SMILES string of the molecule is CC(C)CC(N)CNc1ccc(CN2CCCC2)cc1. The standard InChI is InChI=1S/C17H29N3/c1-14(2)11-16(18)12-19-17-7-5-15(6-8-17)13-20-9-3-4-10-20/h5-8,14,16,19H,3-4,9-13,18H2,1-2H3. The van der Waals surface area contributed by atoms with E-state index in [1.54, 1.807) is 0 Å². The molecule has 0 aromatic heterocycles. The molecule has 2 rings (SSSR count). The highest BCUT2D eigenvalue weighted by Gasteiger charge is 2.11. The van der Waals surface area contributed by atoms with Gasteiger partial charge in [0.15, 0.2) is 0 Å². The number of anilines is 1. The van der Waals surface area contributed by atoms with E-state index in [1.807, 2.05) is 0 Å². The van der Waals surface area contributed by atoms with E-state index in [-0.39, 0.29) is 6.04 Å². The van der Waals surface area contributed by atoms with Gasteiger partial charge in [-0.15, -0.1) is 0 Å². The maximum atomic E-state index is 6.09. The van der Waals surface area contributed by atoms with Crippen molar-refractivity contribution in [3.63, 3.8) is 0 Å². The van der Waals surface area contributed by atoms with Gasteiger partial charge in [0.2, 0.25) is 0 Å². The summed E-state index contributed by atoms with van der Waals surface area (Å²) in [6.45, 7) is 8.88. The molecule has 0 amide bonds. The summed E-state index contributed by atoms with van der Waals surface area (Å²) in [5.41, 5.74) is 8.67. The van der Waals surface area contributed by atoms with Crippen molar-refractivity contribution in [3.8, 4) is 0 Å². The summed E-state index contributed by atoms with van der Waals surface area (Å²) >= 11 is 0. The van der Waals surface area contributed by atoms with Crippen molar-refractivity contribution in [1.82, 2.24) is 4.90 Å². The second-order valence-electron chi connectivity index (χ2n) is 6.45. The Morgan fingerprint density at radius 3 is 2.40 bits per heavy atom. The van der Waals surface area contributed by atoms with Crippen LogP contribution in [0, 0.1) is 5.92 Å². The van der Waals surface area contributed by atoms with Crippen LogP contribution in [0.15, 0.2) is 24.3 Å². The second kappa shape index (κ2) is 7.65. The zero-order valence-corrected chi connectivity index (χ0v) is 12.9. The average Bonchev–Trinajstić information content (AvgIpc) is 2.90. The Balaban J connectivity index is 1.76. The molecule has 3 N–H and O–H groups in total. The van der Waals surface area contributed by atoms with Crippen LogP contribution in [-0.2, 0) is 6.54 Å². The van der Waals surface area contributed by atoms with E-state index in [2.05, 4.69) is 48.3 Å². The highest BCUT2D eigenvalue weighted by molar-refractivity contribution is 5.44. The first-order chi connectivity index (χ1) is 9.63. The van der Waals surface area contributed by atoms with Gasteiger partial charge in [-0.05, 0) is 56.0 Å². The largest absolute Gasteiger partial charge is 0.383 e. The number of rotatable bonds is 7. The van der Waals surface area contributed by atoms with Gasteiger partial charge in [-0.1, -0.05) is 26.0 Å². The van der Waals surface area contributed by atoms with Gasteiger partial charge in [-0.25, -0.2) is 0 Å². The summed E-state index contributed by atoms with van der Waals surface area (Å²) in [6, 6.07) is 9.05. The van der Waals surface area contributed by atoms with E-state index < -0.39 is 0 Å². The zero-order chi connectivity index (χ0) is 14.4. The lowest BCUT2D eigenvalue weighted by Gasteiger charge is -2.17. The zero-order valence-electron chi connectivity index (χ0n) is 12.9. The molecule has 1 aromatic rings. The normalized spacial score (nSPS) is 17.6. The fourth-order valence-corrected chi connectivity index (χ4v) is 2.86. The molecule has 3 nitrogen and oxygen atoms in total. The minimum absolute atomic E-state index is 0.235. The molecule has 1 fully saturated rings. The molecule has 1 atom stereocenters. The van der Waals surface area contributed by atoms with Crippen molar-refractivity contribution in [1.29, 1.82) is 0 Å². The monoisotopic (exact) mass is 275 g/mol. The Kier molecular flexibility index (Phi) is 5.86. The molecule has 1 aliphatic heterocycles. The van der Waals surface area contributed by atoms with Crippen LogP contribution < -0.4 is 11.1 Å². The molecule has 0 saturated carbocycles.